The van der Waals surface area contributed by atoms with Gasteiger partial charge in [0.05, 0.1) is 6.10 Å². The molecule has 0 aliphatic rings. The predicted molar refractivity (Wildman–Crippen MR) is 62.7 cm³/mol. The molecule has 0 radical (unpaired) electrons. The third kappa shape index (κ3) is 7.46. The average molecular weight is 204 g/mol. The van der Waals surface area contributed by atoms with Crippen molar-refractivity contribution in [3.05, 3.63) is 0 Å². The second-order valence-electron chi connectivity index (χ2n) is 3.58. The van der Waals surface area contributed by atoms with E-state index in [4.69, 9.17) is 4.52 Å². The third-order valence-electron chi connectivity index (χ3n) is 2.36. The lowest BCUT2D eigenvalue weighted by Gasteiger charge is -2.20. The molecular weight excluding hydrogens is 179 g/mol. The van der Waals surface area contributed by atoms with Crippen molar-refractivity contribution in [2.75, 3.05) is 12.8 Å². The summed E-state index contributed by atoms with van der Waals surface area (Å²) >= 11 is 0. The molecule has 0 aliphatic carbocycles. The number of hydrogen-bond donors (Lipinski definition) is 0. The van der Waals surface area contributed by atoms with Gasteiger partial charge < -0.3 is 4.52 Å². The summed E-state index contributed by atoms with van der Waals surface area (Å²) in [5, 5.41) is 0. The van der Waals surface area contributed by atoms with Crippen molar-refractivity contribution in [3.63, 3.8) is 0 Å². The average Bonchev–Trinajstić information content (AvgIpc) is 2.16. The molecule has 2 unspecified atom stereocenters. The Bertz CT molecular complexity index is 106. The van der Waals surface area contributed by atoms with Crippen LogP contribution in [0.4, 0.5) is 0 Å². The van der Waals surface area contributed by atoms with Gasteiger partial charge in [-0.15, -0.1) is 0 Å². The third-order valence-corrected chi connectivity index (χ3v) is 3.91. The lowest BCUT2D eigenvalue weighted by atomic mass is 10.1. The van der Waals surface area contributed by atoms with Crippen LogP contribution in [0.1, 0.15) is 52.9 Å². The predicted octanol–water partition coefficient (Wildman–Crippen LogP) is 4.41. The zero-order valence-corrected chi connectivity index (χ0v) is 10.6. The fraction of sp³-hybridized carbons (Fsp3) is 1.00. The summed E-state index contributed by atoms with van der Waals surface area (Å²) < 4.78 is 5.96. The van der Waals surface area contributed by atoms with Crippen molar-refractivity contribution in [2.24, 2.45) is 0 Å². The summed E-state index contributed by atoms with van der Waals surface area (Å²) in [6.07, 6.45) is 8.16. The zero-order chi connectivity index (χ0) is 10.1. The van der Waals surface area contributed by atoms with Crippen molar-refractivity contribution in [3.8, 4) is 0 Å². The molecule has 0 rings (SSSR count). The first-order chi connectivity index (χ1) is 6.24. The van der Waals surface area contributed by atoms with Gasteiger partial charge in [0.2, 0.25) is 0 Å². The molecule has 0 heterocycles. The fourth-order valence-corrected chi connectivity index (χ4v) is 2.19. The van der Waals surface area contributed by atoms with Crippen LogP contribution in [0.2, 0.25) is 0 Å². The normalized spacial score (nSPS) is 15.7. The Morgan fingerprint density at radius 3 is 2.31 bits per heavy atom. The maximum Gasteiger partial charge on any atom is 0.0615 e. The smallest absolute Gasteiger partial charge is 0.0615 e. The molecule has 0 aliphatic heterocycles. The molecule has 0 amide bonds. The van der Waals surface area contributed by atoms with Crippen LogP contribution in [0.25, 0.3) is 0 Å². The Balaban J connectivity index is 3.50. The van der Waals surface area contributed by atoms with Crippen LogP contribution in [0.3, 0.4) is 0 Å². The summed E-state index contributed by atoms with van der Waals surface area (Å²) in [6.45, 7) is 8.93. The van der Waals surface area contributed by atoms with Gasteiger partial charge in [0, 0.05) is 8.15 Å². The van der Waals surface area contributed by atoms with E-state index in [1.54, 1.807) is 0 Å². The van der Waals surface area contributed by atoms with Crippen LogP contribution < -0.4 is 0 Å². The van der Waals surface area contributed by atoms with E-state index in [-0.39, 0.29) is 8.15 Å². The van der Waals surface area contributed by atoms with Gasteiger partial charge in [0.25, 0.3) is 0 Å². The number of hydrogen-bond acceptors (Lipinski definition) is 1. The minimum absolute atomic E-state index is 0.144. The molecule has 1 nitrogen and oxygen atoms in total. The minimum atomic E-state index is -0.144. The second-order valence-corrected chi connectivity index (χ2v) is 5.67. The van der Waals surface area contributed by atoms with E-state index in [9.17, 15) is 0 Å². The molecule has 0 spiro atoms. The summed E-state index contributed by atoms with van der Waals surface area (Å²) in [5.41, 5.74) is 0. The van der Waals surface area contributed by atoms with Crippen LogP contribution in [0, 0.1) is 0 Å². The molecular formula is C11H25OP. The van der Waals surface area contributed by atoms with E-state index in [1.807, 2.05) is 0 Å². The van der Waals surface area contributed by atoms with E-state index < -0.39 is 0 Å². The summed E-state index contributed by atoms with van der Waals surface area (Å²) in [7, 11) is -0.144. The highest BCUT2D eigenvalue weighted by atomic mass is 31.1. The van der Waals surface area contributed by atoms with Gasteiger partial charge in [-0.25, -0.2) is 0 Å². The van der Waals surface area contributed by atoms with E-state index in [0.29, 0.717) is 6.10 Å². The molecule has 0 aromatic carbocycles. The summed E-state index contributed by atoms with van der Waals surface area (Å²) in [4.78, 5) is 0. The van der Waals surface area contributed by atoms with Gasteiger partial charge in [-0.3, -0.25) is 0 Å². The molecule has 0 fully saturated rings. The monoisotopic (exact) mass is 204 g/mol. The molecule has 0 aromatic rings. The van der Waals surface area contributed by atoms with Crippen molar-refractivity contribution >= 4 is 8.15 Å². The van der Waals surface area contributed by atoms with Gasteiger partial charge in [-0.2, -0.15) is 0 Å². The van der Waals surface area contributed by atoms with Gasteiger partial charge in [0.1, 0.15) is 0 Å². The first-order valence-electron chi connectivity index (χ1n) is 5.62. The number of unbranched alkanes of at least 4 members (excludes halogenated alkanes) is 2. The number of rotatable bonds is 8. The Hall–Kier alpha value is 0.390. The second kappa shape index (κ2) is 8.97. The molecule has 0 saturated carbocycles. The highest BCUT2D eigenvalue weighted by Gasteiger charge is 2.09. The lowest BCUT2D eigenvalue weighted by Crippen LogP contribution is -2.08. The Kier molecular flexibility index (Phi) is 9.23. The first-order valence-corrected chi connectivity index (χ1v) is 7.51. The topological polar surface area (TPSA) is 9.23 Å². The molecule has 0 N–H and O–H groups in total. The Morgan fingerprint density at radius 2 is 1.85 bits per heavy atom. The van der Waals surface area contributed by atoms with Crippen LogP contribution in [0.5, 0.6) is 0 Å². The summed E-state index contributed by atoms with van der Waals surface area (Å²) in [5.74, 6) is 0. The van der Waals surface area contributed by atoms with Crippen LogP contribution in [-0.2, 0) is 4.52 Å². The highest BCUT2D eigenvalue weighted by Crippen LogP contribution is 2.34. The van der Waals surface area contributed by atoms with Crippen LogP contribution >= 0.6 is 8.15 Å². The molecule has 0 aromatic heterocycles. The van der Waals surface area contributed by atoms with Crippen molar-refractivity contribution < 1.29 is 4.52 Å². The van der Waals surface area contributed by atoms with E-state index in [0.717, 1.165) is 0 Å². The minimum Gasteiger partial charge on any atom is -0.356 e. The molecule has 13 heavy (non-hydrogen) atoms. The standard InChI is InChI=1S/C11H25OP/c1-5-8-9-10-11(6-2)12-13(4)7-3/h11H,5-10H2,1-4H3. The van der Waals surface area contributed by atoms with Gasteiger partial charge in [-0.1, -0.05) is 40.0 Å². The van der Waals surface area contributed by atoms with Crippen molar-refractivity contribution in [2.45, 2.75) is 59.0 Å². The van der Waals surface area contributed by atoms with Gasteiger partial charge in [0.15, 0.2) is 0 Å². The van der Waals surface area contributed by atoms with E-state index in [1.165, 1.54) is 38.3 Å². The summed E-state index contributed by atoms with van der Waals surface area (Å²) in [6, 6.07) is 0. The Labute approximate surface area is 85.1 Å². The van der Waals surface area contributed by atoms with Crippen molar-refractivity contribution in [1.29, 1.82) is 0 Å². The Morgan fingerprint density at radius 1 is 1.15 bits per heavy atom. The molecule has 2 atom stereocenters. The van der Waals surface area contributed by atoms with E-state index in [2.05, 4.69) is 27.4 Å². The van der Waals surface area contributed by atoms with Crippen LogP contribution in [-0.4, -0.2) is 18.9 Å². The molecule has 0 saturated heterocycles. The van der Waals surface area contributed by atoms with Gasteiger partial charge in [-0.05, 0) is 25.7 Å². The fourth-order valence-electron chi connectivity index (χ4n) is 1.28. The van der Waals surface area contributed by atoms with Gasteiger partial charge >= 0.3 is 0 Å². The van der Waals surface area contributed by atoms with E-state index >= 15 is 0 Å². The quantitative estimate of drug-likeness (QED) is 0.420. The maximum atomic E-state index is 5.96. The lowest BCUT2D eigenvalue weighted by molar-refractivity contribution is 0.205. The first kappa shape index (κ1) is 13.4. The van der Waals surface area contributed by atoms with Crippen molar-refractivity contribution in [1.82, 2.24) is 0 Å². The zero-order valence-electron chi connectivity index (χ0n) is 9.68. The molecule has 2 heteroatoms. The SMILES string of the molecule is CCCCCC(CC)OP(C)CC. The molecule has 80 valence electrons. The van der Waals surface area contributed by atoms with Crippen LogP contribution in [0.15, 0.2) is 0 Å². The highest BCUT2D eigenvalue weighted by molar-refractivity contribution is 7.51. The molecule has 0 bridgehead atoms. The largest absolute Gasteiger partial charge is 0.356 e. The maximum absolute atomic E-state index is 5.96.